The molecule has 4 saturated carbocycles. The van der Waals surface area contributed by atoms with Crippen molar-refractivity contribution in [2.45, 2.75) is 50.5 Å². The summed E-state index contributed by atoms with van der Waals surface area (Å²) in [7, 11) is 1.53. The molecule has 8 heteroatoms. The van der Waals surface area contributed by atoms with E-state index in [0.717, 1.165) is 28.2 Å². The Balaban J connectivity index is 1.13. The Hall–Kier alpha value is -3.91. The summed E-state index contributed by atoms with van der Waals surface area (Å²) in [6.07, 6.45) is 9.28. The lowest BCUT2D eigenvalue weighted by molar-refractivity contribution is -0.122. The van der Waals surface area contributed by atoms with Gasteiger partial charge in [-0.1, -0.05) is 42.5 Å². The van der Waals surface area contributed by atoms with E-state index in [1.165, 1.54) is 57.3 Å². The van der Waals surface area contributed by atoms with Crippen molar-refractivity contribution >= 4 is 45.5 Å². The summed E-state index contributed by atoms with van der Waals surface area (Å²) in [4.78, 5) is 40.4. The summed E-state index contributed by atoms with van der Waals surface area (Å²) in [5, 5.41) is 2.34. The lowest BCUT2D eigenvalue weighted by Crippen LogP contribution is -2.54. The smallest absolute Gasteiger partial charge is 0.335 e. The number of amides is 4. The molecule has 5 aliphatic rings. The number of hydrogen-bond donors (Lipinski definition) is 1. The third kappa shape index (κ3) is 5.16. The molecule has 7 nitrogen and oxygen atoms in total. The topological polar surface area (TPSA) is 84.9 Å². The minimum absolute atomic E-state index is 0.142. The highest BCUT2D eigenvalue weighted by atomic mass is 79.9. The van der Waals surface area contributed by atoms with Crippen molar-refractivity contribution in [3.8, 4) is 11.5 Å². The maximum atomic E-state index is 13.6. The molecule has 0 radical (unpaired) electrons. The zero-order chi connectivity index (χ0) is 29.7. The van der Waals surface area contributed by atoms with Gasteiger partial charge in [-0.15, -0.1) is 0 Å². The minimum Gasteiger partial charge on any atom is -0.493 e. The van der Waals surface area contributed by atoms with Crippen molar-refractivity contribution in [3.63, 3.8) is 0 Å². The van der Waals surface area contributed by atoms with Crippen molar-refractivity contribution in [1.29, 1.82) is 0 Å². The molecule has 0 unspecified atom stereocenters. The molecule has 0 aromatic heterocycles. The van der Waals surface area contributed by atoms with Crippen molar-refractivity contribution in [1.82, 2.24) is 5.32 Å². The van der Waals surface area contributed by atoms with E-state index in [1.807, 2.05) is 42.5 Å². The van der Waals surface area contributed by atoms with Gasteiger partial charge < -0.3 is 9.47 Å². The highest BCUT2D eigenvalue weighted by Crippen LogP contribution is 2.60. The molecular formula is C35H33BrN2O5. The third-order valence-electron chi connectivity index (χ3n) is 9.67. The van der Waals surface area contributed by atoms with E-state index in [-0.39, 0.29) is 11.0 Å². The van der Waals surface area contributed by atoms with Gasteiger partial charge in [0.1, 0.15) is 12.2 Å². The van der Waals surface area contributed by atoms with Gasteiger partial charge in [0.25, 0.3) is 11.8 Å². The number of hydrogen-bond acceptors (Lipinski definition) is 5. The summed E-state index contributed by atoms with van der Waals surface area (Å²) in [5.41, 5.74) is 3.36. The fourth-order valence-corrected chi connectivity index (χ4v) is 8.75. The molecule has 8 rings (SSSR count). The number of nitrogens with one attached hydrogen (secondary N) is 1. The number of barbiturate groups is 1. The second kappa shape index (κ2) is 11.0. The molecule has 4 amide bonds. The number of ether oxygens (including phenoxy) is 2. The summed E-state index contributed by atoms with van der Waals surface area (Å²) in [6.45, 7) is 0.343. The summed E-state index contributed by atoms with van der Waals surface area (Å²) in [5.74, 6) is 2.00. The first-order chi connectivity index (χ1) is 20.8. The summed E-state index contributed by atoms with van der Waals surface area (Å²) in [6, 6.07) is 20.3. The zero-order valence-electron chi connectivity index (χ0n) is 24.0. The normalized spacial score (nSPS) is 27.0. The Labute approximate surface area is 259 Å². The van der Waals surface area contributed by atoms with Gasteiger partial charge in [-0.05, 0) is 125 Å². The lowest BCUT2D eigenvalue weighted by Gasteiger charge is -2.57. The number of carbonyl (C=O) groups excluding carboxylic acids is 3. The second-order valence-corrected chi connectivity index (χ2v) is 13.4. The average Bonchev–Trinajstić information content (AvgIpc) is 2.98. The van der Waals surface area contributed by atoms with E-state index in [4.69, 9.17) is 9.47 Å². The van der Waals surface area contributed by atoms with Gasteiger partial charge in [-0.2, -0.15) is 0 Å². The predicted molar refractivity (Wildman–Crippen MR) is 167 cm³/mol. The molecule has 4 aliphatic carbocycles. The Kier molecular flexibility index (Phi) is 7.12. The highest BCUT2D eigenvalue weighted by molar-refractivity contribution is 9.10. The van der Waals surface area contributed by atoms with Crippen molar-refractivity contribution < 1.29 is 23.9 Å². The minimum atomic E-state index is -0.752. The van der Waals surface area contributed by atoms with Gasteiger partial charge in [0.2, 0.25) is 0 Å². The van der Waals surface area contributed by atoms with Crippen LogP contribution in [0.25, 0.3) is 6.08 Å². The van der Waals surface area contributed by atoms with Crippen LogP contribution in [0.1, 0.15) is 55.2 Å². The van der Waals surface area contributed by atoms with E-state index in [0.29, 0.717) is 33.8 Å². The van der Waals surface area contributed by atoms with E-state index in [2.05, 4.69) is 33.4 Å². The molecule has 3 aromatic carbocycles. The molecule has 0 spiro atoms. The van der Waals surface area contributed by atoms with Crippen LogP contribution in [-0.4, -0.2) is 25.0 Å². The average molecular weight is 642 g/mol. The SMILES string of the molecule is COc1cc(C=C2C(=O)NC(=O)N(c3ccc(C45CC6CC(CC(C6)C4)C5)cc3)C2=O)cc(Br)c1OCc1ccccc1. The van der Waals surface area contributed by atoms with Crippen LogP contribution in [0.15, 0.2) is 76.8 Å². The van der Waals surface area contributed by atoms with Gasteiger partial charge in [0, 0.05) is 0 Å². The van der Waals surface area contributed by atoms with Crippen LogP contribution in [0, 0.1) is 17.8 Å². The highest BCUT2D eigenvalue weighted by Gasteiger charge is 2.51. The Morgan fingerprint density at radius 1 is 0.930 bits per heavy atom. The first-order valence-electron chi connectivity index (χ1n) is 14.9. The number of imide groups is 2. The molecule has 1 N–H and O–H groups in total. The van der Waals surface area contributed by atoms with Crippen molar-refractivity contribution in [2.75, 3.05) is 12.0 Å². The first kappa shape index (κ1) is 27.9. The number of methoxy groups -OCH3 is 1. The molecular weight excluding hydrogens is 608 g/mol. The number of benzene rings is 3. The lowest BCUT2D eigenvalue weighted by atomic mass is 9.48. The Bertz CT molecular complexity index is 1600. The number of urea groups is 1. The van der Waals surface area contributed by atoms with Crippen LogP contribution in [0.5, 0.6) is 11.5 Å². The van der Waals surface area contributed by atoms with E-state index < -0.39 is 17.8 Å². The van der Waals surface area contributed by atoms with Crippen molar-refractivity contribution in [2.24, 2.45) is 17.8 Å². The number of rotatable bonds is 7. The Morgan fingerprint density at radius 2 is 1.58 bits per heavy atom. The largest absolute Gasteiger partial charge is 0.493 e. The molecule has 0 atom stereocenters. The van der Waals surface area contributed by atoms with Crippen molar-refractivity contribution in [3.05, 3.63) is 93.5 Å². The predicted octanol–water partition coefficient (Wildman–Crippen LogP) is 7.17. The molecule has 1 saturated heterocycles. The summed E-state index contributed by atoms with van der Waals surface area (Å²) >= 11 is 3.55. The summed E-state index contributed by atoms with van der Waals surface area (Å²) < 4.78 is 12.2. The van der Waals surface area contributed by atoms with Crippen LogP contribution in [0.4, 0.5) is 10.5 Å². The van der Waals surface area contributed by atoms with Gasteiger partial charge in [0.15, 0.2) is 11.5 Å². The van der Waals surface area contributed by atoms with Gasteiger partial charge in [-0.3, -0.25) is 14.9 Å². The van der Waals surface area contributed by atoms with Gasteiger partial charge in [-0.25, -0.2) is 9.69 Å². The quantitative estimate of drug-likeness (QED) is 0.219. The molecule has 3 aromatic rings. The third-order valence-corrected chi connectivity index (χ3v) is 10.3. The monoisotopic (exact) mass is 640 g/mol. The molecule has 5 fully saturated rings. The van der Waals surface area contributed by atoms with Crippen LogP contribution in [0.3, 0.4) is 0 Å². The number of halogens is 1. The van der Waals surface area contributed by atoms with Gasteiger partial charge in [0.05, 0.1) is 17.3 Å². The maximum Gasteiger partial charge on any atom is 0.335 e. The van der Waals surface area contributed by atoms with Crippen LogP contribution >= 0.6 is 15.9 Å². The molecule has 1 aliphatic heterocycles. The van der Waals surface area contributed by atoms with E-state index >= 15 is 0 Å². The first-order valence-corrected chi connectivity index (χ1v) is 15.7. The maximum absolute atomic E-state index is 13.6. The second-order valence-electron chi connectivity index (χ2n) is 12.5. The van der Waals surface area contributed by atoms with Crippen LogP contribution in [-0.2, 0) is 21.6 Å². The molecule has 4 bridgehead atoms. The van der Waals surface area contributed by atoms with E-state index in [9.17, 15) is 14.4 Å². The van der Waals surface area contributed by atoms with Crippen LogP contribution in [0.2, 0.25) is 0 Å². The number of nitrogens with zero attached hydrogens (tertiary/aromatic N) is 1. The molecule has 1 heterocycles. The molecule has 220 valence electrons. The molecule has 43 heavy (non-hydrogen) atoms. The zero-order valence-corrected chi connectivity index (χ0v) is 25.6. The van der Waals surface area contributed by atoms with Crippen LogP contribution < -0.4 is 19.7 Å². The van der Waals surface area contributed by atoms with E-state index in [1.54, 1.807) is 12.1 Å². The fourth-order valence-electron chi connectivity index (χ4n) is 8.18. The van der Waals surface area contributed by atoms with Gasteiger partial charge >= 0.3 is 6.03 Å². The Morgan fingerprint density at radius 3 is 2.21 bits per heavy atom. The standard InChI is InChI=1S/C35H33BrN2O5/c1-42-30-16-22(15-29(36)31(30)43-20-21-5-3-2-4-6-21)14-28-32(39)37-34(41)38(33(28)40)27-9-7-26(8-10-27)35-17-23-11-24(18-35)13-25(12-23)19-35/h2-10,14-16,23-25H,11-13,17-20H2,1H3,(H,37,39,41). The fraction of sp³-hybridized carbons (Fsp3) is 0.343. The number of anilines is 1. The number of carbonyl (C=O) groups is 3.